The molecule has 2 atom stereocenters. The maximum atomic E-state index is 15.1. The number of aromatic amines is 1. The summed E-state index contributed by atoms with van der Waals surface area (Å²) in [5.41, 5.74) is 4.62. The Kier molecular flexibility index (Phi) is 12.4. The Hall–Kier alpha value is -5.16. The number of carbonyl (C=O) groups excluding carboxylic acids is 2. The third-order valence-corrected chi connectivity index (χ3v) is 11.3. The topological polar surface area (TPSA) is 91.7 Å². The second kappa shape index (κ2) is 17.7. The average Bonchev–Trinajstić information content (AvgIpc) is 3.23. The predicted octanol–water partition coefficient (Wildman–Crippen LogP) is 9.05. The number of piperidine rings is 3. The van der Waals surface area contributed by atoms with E-state index in [4.69, 9.17) is 42.1 Å². The number of aromatic nitrogens is 1. The van der Waals surface area contributed by atoms with Gasteiger partial charge in [-0.3, -0.25) is 9.80 Å². The van der Waals surface area contributed by atoms with Crippen LogP contribution >= 0.6 is 23.2 Å². The number of H-pyrrole nitrogens is 1. The van der Waals surface area contributed by atoms with Gasteiger partial charge in [-0.15, -0.1) is 0 Å². The molecule has 1 aromatic heterocycles. The minimum atomic E-state index is -0.566. The van der Waals surface area contributed by atoms with Crippen LogP contribution in [0.4, 0.5) is 14.9 Å². The summed E-state index contributed by atoms with van der Waals surface area (Å²) in [5, 5.41) is 0.941. The van der Waals surface area contributed by atoms with Crippen molar-refractivity contribution < 1.29 is 37.9 Å². The molecule has 56 heavy (non-hydrogen) atoms. The third-order valence-electron chi connectivity index (χ3n) is 10.7. The summed E-state index contributed by atoms with van der Waals surface area (Å²) in [6, 6.07) is 26.6. The van der Waals surface area contributed by atoms with Crippen molar-refractivity contribution in [1.82, 2.24) is 4.90 Å². The molecule has 4 heterocycles. The van der Waals surface area contributed by atoms with Crippen LogP contribution in [-0.4, -0.2) is 63.5 Å². The SMILES string of the molecule is COc1ccc([C@@H](COC(=O)c2ccc(-c3cccc(CN(C(=O)O[C@H]4CN5CCC4CC5)c4ccccc4F)c3)cc2)Cc2c(Cl)c[nH+]cc2Cl)cc1OC. The molecule has 5 aromatic rings. The molecule has 4 aromatic carbocycles. The van der Waals surface area contributed by atoms with Crippen LogP contribution in [0.3, 0.4) is 0 Å². The first-order valence-corrected chi connectivity index (χ1v) is 19.3. The Morgan fingerprint density at radius 1 is 0.875 bits per heavy atom. The lowest BCUT2D eigenvalue weighted by atomic mass is 9.86. The molecule has 9 nitrogen and oxygen atoms in total. The van der Waals surface area contributed by atoms with Crippen molar-refractivity contribution in [2.75, 3.05) is 45.4 Å². The molecule has 0 radical (unpaired) electrons. The number of halogens is 3. The molecule has 3 aliphatic rings. The van der Waals surface area contributed by atoms with Crippen LogP contribution in [0.5, 0.6) is 11.5 Å². The molecule has 290 valence electrons. The Balaban J connectivity index is 1.05. The standard InChI is InChI=1S/C44H42Cl2FN3O6/c1-53-40-15-14-33(22-41(40)54-2)34(21-35-36(45)23-48-24-37(35)46)27-55-43(51)31-12-10-29(11-13-31)32-7-5-6-28(20-32)25-50(39-9-4-3-8-38(39)47)44(52)56-42-26-49-18-16-30(42)17-19-49/h3-15,20,22-24,30,34,42H,16-19,21,25-27H2,1-2H3/p+1/t34-,42+/m1/s1. The number of anilines is 1. The van der Waals surface area contributed by atoms with E-state index >= 15 is 4.39 Å². The Morgan fingerprint density at radius 2 is 1.61 bits per heavy atom. The van der Waals surface area contributed by atoms with Crippen molar-refractivity contribution in [3.05, 3.63) is 142 Å². The molecule has 0 saturated carbocycles. The number of methoxy groups -OCH3 is 2. The number of esters is 1. The van der Waals surface area contributed by atoms with Gasteiger partial charge in [0.15, 0.2) is 23.9 Å². The van der Waals surface area contributed by atoms with E-state index in [0.29, 0.717) is 46.0 Å². The number of ether oxygens (including phenoxy) is 4. The fraction of sp³-hybridized carbons (Fsp3) is 0.295. The summed E-state index contributed by atoms with van der Waals surface area (Å²) in [7, 11) is 3.13. The van der Waals surface area contributed by atoms with Gasteiger partial charge in [0.05, 0.1) is 38.6 Å². The van der Waals surface area contributed by atoms with E-state index in [1.807, 2.05) is 48.5 Å². The highest BCUT2D eigenvalue weighted by atomic mass is 35.5. The highest BCUT2D eigenvalue weighted by Crippen LogP contribution is 2.35. The van der Waals surface area contributed by atoms with Gasteiger partial charge in [0, 0.05) is 18.0 Å². The molecular formula is C44H43Cl2FN3O6+. The third kappa shape index (κ3) is 8.94. The Labute approximate surface area is 335 Å². The molecule has 8 rings (SSSR count). The maximum Gasteiger partial charge on any atom is 0.415 e. The highest BCUT2D eigenvalue weighted by molar-refractivity contribution is 6.35. The van der Waals surface area contributed by atoms with Gasteiger partial charge in [-0.2, -0.15) is 0 Å². The maximum absolute atomic E-state index is 15.1. The summed E-state index contributed by atoms with van der Waals surface area (Å²) in [4.78, 5) is 33.7. The monoisotopic (exact) mass is 798 g/mol. The van der Waals surface area contributed by atoms with Crippen LogP contribution < -0.4 is 19.4 Å². The highest BCUT2D eigenvalue weighted by Gasteiger charge is 2.38. The Bertz CT molecular complexity index is 2160. The first-order valence-electron chi connectivity index (χ1n) is 18.6. The van der Waals surface area contributed by atoms with E-state index in [0.717, 1.165) is 53.7 Å². The van der Waals surface area contributed by atoms with Crippen molar-refractivity contribution in [2.24, 2.45) is 5.92 Å². The smallest absolute Gasteiger partial charge is 0.415 e. The summed E-state index contributed by atoms with van der Waals surface area (Å²) in [6.45, 7) is 2.90. The number of hydrogen-bond acceptors (Lipinski definition) is 7. The molecule has 12 heteroatoms. The van der Waals surface area contributed by atoms with E-state index in [9.17, 15) is 9.59 Å². The van der Waals surface area contributed by atoms with E-state index in [1.165, 1.54) is 11.0 Å². The average molecular weight is 800 g/mol. The predicted molar refractivity (Wildman–Crippen MR) is 213 cm³/mol. The number of para-hydroxylation sites is 1. The number of amides is 1. The molecule has 3 fully saturated rings. The zero-order chi connectivity index (χ0) is 39.2. The fourth-order valence-electron chi connectivity index (χ4n) is 7.54. The molecule has 1 amide bonds. The normalized spacial score (nSPS) is 17.8. The molecule has 2 bridgehead atoms. The summed E-state index contributed by atoms with van der Waals surface area (Å²) >= 11 is 13.0. The van der Waals surface area contributed by atoms with Gasteiger partial charge in [-0.05, 0) is 103 Å². The van der Waals surface area contributed by atoms with Crippen molar-refractivity contribution in [3.63, 3.8) is 0 Å². The van der Waals surface area contributed by atoms with Crippen molar-refractivity contribution >= 4 is 41.0 Å². The van der Waals surface area contributed by atoms with Crippen molar-refractivity contribution in [1.29, 1.82) is 0 Å². The van der Waals surface area contributed by atoms with Crippen LogP contribution in [0, 0.1) is 11.7 Å². The molecule has 3 aliphatic heterocycles. The number of nitrogens with one attached hydrogen (secondary N) is 1. The Morgan fingerprint density at radius 3 is 2.29 bits per heavy atom. The number of hydrogen-bond donors (Lipinski definition) is 0. The lowest BCUT2D eigenvalue weighted by Crippen LogP contribution is -2.53. The molecule has 1 N–H and O–H groups in total. The summed E-state index contributed by atoms with van der Waals surface area (Å²) in [5.74, 6) is 0.140. The van der Waals surface area contributed by atoms with Crippen LogP contribution in [0.15, 0.2) is 103 Å². The zero-order valence-corrected chi connectivity index (χ0v) is 32.7. The number of pyridine rings is 1. The van der Waals surface area contributed by atoms with Gasteiger partial charge in [0.2, 0.25) is 0 Å². The van der Waals surface area contributed by atoms with E-state index in [2.05, 4.69) is 9.88 Å². The number of rotatable bonds is 13. The molecule has 3 saturated heterocycles. The van der Waals surface area contributed by atoms with Gasteiger partial charge in [-0.25, -0.2) is 19.0 Å². The van der Waals surface area contributed by atoms with Crippen LogP contribution in [0.1, 0.15) is 45.8 Å². The number of nitrogens with zero attached hydrogens (tertiary/aromatic N) is 2. The minimum Gasteiger partial charge on any atom is -0.493 e. The van der Waals surface area contributed by atoms with Gasteiger partial charge in [-0.1, -0.05) is 71.7 Å². The summed E-state index contributed by atoms with van der Waals surface area (Å²) < 4.78 is 38.0. The second-order valence-corrected chi connectivity index (χ2v) is 14.9. The largest absolute Gasteiger partial charge is 0.493 e. The van der Waals surface area contributed by atoms with E-state index < -0.39 is 17.9 Å². The van der Waals surface area contributed by atoms with Gasteiger partial charge in [0.1, 0.15) is 22.0 Å². The summed E-state index contributed by atoms with van der Waals surface area (Å²) in [6.07, 6.45) is 4.92. The first-order chi connectivity index (χ1) is 27.2. The van der Waals surface area contributed by atoms with E-state index in [1.54, 1.807) is 63.0 Å². The number of fused-ring (bicyclic) bond motifs is 3. The van der Waals surface area contributed by atoms with Crippen molar-refractivity contribution in [3.8, 4) is 22.6 Å². The van der Waals surface area contributed by atoms with Gasteiger partial charge in [0.25, 0.3) is 0 Å². The first kappa shape index (κ1) is 39.1. The van der Waals surface area contributed by atoms with Crippen LogP contribution in [0.25, 0.3) is 11.1 Å². The van der Waals surface area contributed by atoms with E-state index in [-0.39, 0.29) is 30.9 Å². The van der Waals surface area contributed by atoms with Crippen LogP contribution in [-0.2, 0) is 22.4 Å². The second-order valence-electron chi connectivity index (χ2n) is 14.1. The number of benzene rings is 4. The zero-order valence-electron chi connectivity index (χ0n) is 31.2. The molecule has 0 unspecified atom stereocenters. The lowest BCUT2D eigenvalue weighted by Gasteiger charge is -2.44. The molecular weight excluding hydrogens is 756 g/mol. The fourth-order valence-corrected chi connectivity index (χ4v) is 8.08. The molecule has 0 spiro atoms. The number of carbonyl (C=O) groups is 2. The van der Waals surface area contributed by atoms with Gasteiger partial charge >= 0.3 is 12.1 Å². The quantitative estimate of drug-likeness (QED) is 0.110. The van der Waals surface area contributed by atoms with Crippen molar-refractivity contribution in [2.45, 2.75) is 37.8 Å². The minimum absolute atomic E-state index is 0.0456. The molecule has 0 aliphatic carbocycles. The lowest BCUT2D eigenvalue weighted by molar-refractivity contribution is -0.377. The van der Waals surface area contributed by atoms with Crippen LogP contribution in [0.2, 0.25) is 10.0 Å². The van der Waals surface area contributed by atoms with Gasteiger partial charge < -0.3 is 18.9 Å².